The Balaban J connectivity index is 0. The number of aliphatic hydroxyl groups is 1. The van der Waals surface area contributed by atoms with Gasteiger partial charge in [-0.1, -0.05) is 0 Å². The molecule has 5 heteroatoms. The summed E-state index contributed by atoms with van der Waals surface area (Å²) >= 11 is 0. The van der Waals surface area contributed by atoms with E-state index in [0.29, 0.717) is 0 Å². The predicted octanol–water partition coefficient (Wildman–Crippen LogP) is 0.245. The van der Waals surface area contributed by atoms with E-state index in [-0.39, 0.29) is 30.9 Å². The Morgan fingerprint density at radius 1 is 1.42 bits per heavy atom. The highest BCUT2D eigenvalue weighted by Crippen LogP contribution is 2.07. The van der Waals surface area contributed by atoms with E-state index in [9.17, 15) is 0 Å². The zero-order valence-corrected chi connectivity index (χ0v) is 8.74. The van der Waals surface area contributed by atoms with Crippen LogP contribution in [-0.4, -0.2) is 42.3 Å². The van der Waals surface area contributed by atoms with Crippen molar-refractivity contribution in [2.75, 3.05) is 26.2 Å². The number of aliphatic hydroxyl groups excluding tert-OH is 1. The molecule has 3 nitrogen and oxygen atoms in total. The SMILES string of the molecule is Cl.Cl.NCCCN1CCC(O)C1. The number of hydrogen-bond acceptors (Lipinski definition) is 3. The predicted molar refractivity (Wildman–Crippen MR) is 55.2 cm³/mol. The van der Waals surface area contributed by atoms with E-state index >= 15 is 0 Å². The summed E-state index contributed by atoms with van der Waals surface area (Å²) in [5.41, 5.74) is 5.35. The molecule has 0 radical (unpaired) electrons. The number of likely N-dealkylation sites (tertiary alicyclic amines) is 1. The van der Waals surface area contributed by atoms with Crippen molar-refractivity contribution in [3.63, 3.8) is 0 Å². The Morgan fingerprint density at radius 2 is 2.08 bits per heavy atom. The minimum atomic E-state index is -0.0854. The Bertz CT molecular complexity index is 105. The van der Waals surface area contributed by atoms with Crippen LogP contribution < -0.4 is 5.73 Å². The number of rotatable bonds is 3. The average Bonchev–Trinajstić information content (AvgIpc) is 2.31. The summed E-state index contributed by atoms with van der Waals surface area (Å²) in [4.78, 5) is 2.26. The molecule has 1 aliphatic heterocycles. The van der Waals surface area contributed by atoms with E-state index in [4.69, 9.17) is 10.8 Å². The monoisotopic (exact) mass is 216 g/mol. The largest absolute Gasteiger partial charge is 0.392 e. The van der Waals surface area contributed by atoms with E-state index < -0.39 is 0 Å². The van der Waals surface area contributed by atoms with Crippen molar-refractivity contribution in [3.8, 4) is 0 Å². The van der Waals surface area contributed by atoms with Crippen molar-refractivity contribution in [2.24, 2.45) is 5.73 Å². The topological polar surface area (TPSA) is 49.5 Å². The number of β-amino-alcohol motifs (C(OH)–C–C–N with tert-alkyl or cyclic N) is 1. The smallest absolute Gasteiger partial charge is 0.0679 e. The molecule has 0 aliphatic carbocycles. The fourth-order valence-electron chi connectivity index (χ4n) is 1.33. The maximum atomic E-state index is 9.13. The molecular weight excluding hydrogens is 199 g/mol. The van der Waals surface area contributed by atoms with Gasteiger partial charge in [-0.3, -0.25) is 0 Å². The van der Waals surface area contributed by atoms with Gasteiger partial charge in [-0.05, 0) is 25.9 Å². The van der Waals surface area contributed by atoms with Gasteiger partial charge in [0.05, 0.1) is 6.10 Å². The number of nitrogens with two attached hydrogens (primary N) is 1. The van der Waals surface area contributed by atoms with Crippen molar-refractivity contribution in [3.05, 3.63) is 0 Å². The van der Waals surface area contributed by atoms with Gasteiger partial charge in [-0.25, -0.2) is 0 Å². The maximum Gasteiger partial charge on any atom is 0.0679 e. The van der Waals surface area contributed by atoms with E-state index in [1.807, 2.05) is 0 Å². The summed E-state index contributed by atoms with van der Waals surface area (Å²) in [7, 11) is 0. The van der Waals surface area contributed by atoms with Crippen LogP contribution >= 0.6 is 24.8 Å². The Kier molecular flexibility index (Phi) is 10.1. The minimum Gasteiger partial charge on any atom is -0.392 e. The molecule has 0 saturated carbocycles. The van der Waals surface area contributed by atoms with E-state index in [2.05, 4.69) is 4.90 Å². The number of halogens is 2. The van der Waals surface area contributed by atoms with Crippen molar-refractivity contribution in [1.82, 2.24) is 4.90 Å². The first-order valence-electron chi connectivity index (χ1n) is 3.93. The molecule has 0 bridgehead atoms. The molecule has 1 fully saturated rings. The third-order valence-corrected chi connectivity index (χ3v) is 1.93. The average molecular weight is 217 g/mol. The highest BCUT2D eigenvalue weighted by molar-refractivity contribution is 5.85. The van der Waals surface area contributed by atoms with Crippen LogP contribution in [0.5, 0.6) is 0 Å². The molecule has 1 aliphatic rings. The van der Waals surface area contributed by atoms with Crippen molar-refractivity contribution < 1.29 is 5.11 Å². The maximum absolute atomic E-state index is 9.13. The summed E-state index contributed by atoms with van der Waals surface area (Å²) < 4.78 is 0. The van der Waals surface area contributed by atoms with Gasteiger partial charge in [0.25, 0.3) is 0 Å². The molecule has 1 saturated heterocycles. The molecule has 0 aromatic heterocycles. The molecule has 12 heavy (non-hydrogen) atoms. The molecule has 1 atom stereocenters. The van der Waals surface area contributed by atoms with E-state index in [1.165, 1.54) is 0 Å². The fraction of sp³-hybridized carbons (Fsp3) is 1.00. The van der Waals surface area contributed by atoms with Crippen LogP contribution in [-0.2, 0) is 0 Å². The first kappa shape index (κ1) is 15.0. The Labute approximate surface area is 86.1 Å². The lowest BCUT2D eigenvalue weighted by atomic mass is 10.3. The highest BCUT2D eigenvalue weighted by Gasteiger charge is 2.18. The molecule has 1 rings (SSSR count). The summed E-state index contributed by atoms with van der Waals surface area (Å²) in [5.74, 6) is 0. The van der Waals surface area contributed by atoms with Crippen LogP contribution in [0.2, 0.25) is 0 Å². The zero-order chi connectivity index (χ0) is 7.40. The third-order valence-electron chi connectivity index (χ3n) is 1.93. The molecule has 0 spiro atoms. The van der Waals surface area contributed by atoms with Gasteiger partial charge < -0.3 is 15.7 Å². The lowest BCUT2D eigenvalue weighted by Crippen LogP contribution is -2.24. The number of nitrogens with zero attached hydrogens (tertiary/aromatic N) is 1. The number of hydrogen-bond donors (Lipinski definition) is 2. The Morgan fingerprint density at radius 3 is 2.50 bits per heavy atom. The minimum absolute atomic E-state index is 0. The van der Waals surface area contributed by atoms with Gasteiger partial charge in [-0.2, -0.15) is 0 Å². The van der Waals surface area contributed by atoms with Crippen molar-refractivity contribution >= 4 is 24.8 Å². The zero-order valence-electron chi connectivity index (χ0n) is 7.11. The van der Waals surface area contributed by atoms with Gasteiger partial charge in [0.15, 0.2) is 0 Å². The first-order chi connectivity index (χ1) is 4.83. The summed E-state index contributed by atoms with van der Waals surface area (Å²) in [6, 6.07) is 0. The van der Waals surface area contributed by atoms with E-state index in [1.54, 1.807) is 0 Å². The van der Waals surface area contributed by atoms with Crippen LogP contribution in [0.1, 0.15) is 12.8 Å². The molecule has 0 aromatic carbocycles. The van der Waals surface area contributed by atoms with Gasteiger partial charge >= 0.3 is 0 Å². The molecule has 0 amide bonds. The second kappa shape index (κ2) is 8.08. The molecule has 0 aromatic rings. The van der Waals surface area contributed by atoms with Gasteiger partial charge in [0.1, 0.15) is 0 Å². The quantitative estimate of drug-likeness (QED) is 0.712. The molecule has 1 unspecified atom stereocenters. The van der Waals surface area contributed by atoms with Gasteiger partial charge in [-0.15, -0.1) is 24.8 Å². The molecule has 1 heterocycles. The van der Waals surface area contributed by atoms with Gasteiger partial charge in [0.2, 0.25) is 0 Å². The summed E-state index contributed by atoms with van der Waals surface area (Å²) in [6.07, 6.45) is 1.90. The highest BCUT2D eigenvalue weighted by atomic mass is 35.5. The van der Waals surface area contributed by atoms with Crippen molar-refractivity contribution in [2.45, 2.75) is 18.9 Å². The van der Waals surface area contributed by atoms with Crippen LogP contribution in [0.25, 0.3) is 0 Å². The van der Waals surface area contributed by atoms with Crippen LogP contribution in [0.15, 0.2) is 0 Å². The fourth-order valence-corrected chi connectivity index (χ4v) is 1.33. The second-order valence-corrected chi connectivity index (χ2v) is 2.89. The lowest BCUT2D eigenvalue weighted by molar-refractivity contribution is 0.176. The molecular formula is C7H18Cl2N2O. The van der Waals surface area contributed by atoms with E-state index in [0.717, 1.165) is 39.0 Å². The lowest BCUT2D eigenvalue weighted by Gasteiger charge is -2.12. The normalized spacial score (nSPS) is 23.0. The Hall–Kier alpha value is 0.460. The third kappa shape index (κ3) is 5.17. The summed E-state index contributed by atoms with van der Waals surface area (Å²) in [5, 5.41) is 9.13. The summed E-state index contributed by atoms with van der Waals surface area (Å²) in [6.45, 7) is 3.70. The van der Waals surface area contributed by atoms with Crippen LogP contribution in [0.4, 0.5) is 0 Å². The van der Waals surface area contributed by atoms with Crippen LogP contribution in [0.3, 0.4) is 0 Å². The van der Waals surface area contributed by atoms with Crippen LogP contribution in [0, 0.1) is 0 Å². The molecule has 76 valence electrons. The first-order valence-corrected chi connectivity index (χ1v) is 3.93. The second-order valence-electron chi connectivity index (χ2n) is 2.89. The standard InChI is InChI=1S/C7H16N2O.2ClH/c8-3-1-4-9-5-2-7(10)6-9;;/h7,10H,1-6,8H2;2*1H. The van der Waals surface area contributed by atoms with Gasteiger partial charge in [0, 0.05) is 13.1 Å². The molecule has 3 N–H and O–H groups in total. The van der Waals surface area contributed by atoms with Crippen molar-refractivity contribution in [1.29, 1.82) is 0 Å².